The Balaban J connectivity index is 1.38. The molecule has 4 aromatic rings. The van der Waals surface area contributed by atoms with Crippen LogP contribution in [0.25, 0.3) is 22.5 Å². The maximum absolute atomic E-state index is 13.6. The third-order valence-electron chi connectivity index (χ3n) is 6.12. The number of carbonyl (C=O) groups is 1. The van der Waals surface area contributed by atoms with Gasteiger partial charge in [-0.1, -0.05) is 0 Å². The number of benzene rings is 2. The van der Waals surface area contributed by atoms with Crippen LogP contribution in [0.3, 0.4) is 0 Å². The maximum Gasteiger partial charge on any atom is 0.276 e. The van der Waals surface area contributed by atoms with Crippen molar-refractivity contribution in [2.45, 2.75) is 31.7 Å². The van der Waals surface area contributed by atoms with E-state index < -0.39 is 0 Å². The summed E-state index contributed by atoms with van der Waals surface area (Å²) in [4.78, 5) is 24.7. The van der Waals surface area contributed by atoms with Crippen LogP contribution < -0.4 is 0 Å². The van der Waals surface area contributed by atoms with Crippen molar-refractivity contribution in [2.75, 3.05) is 6.54 Å². The second kappa shape index (κ2) is 9.17. The number of nitrogens with one attached hydrogen (secondary N) is 1. The van der Waals surface area contributed by atoms with E-state index in [4.69, 9.17) is 0 Å². The lowest BCUT2D eigenvalue weighted by Gasteiger charge is -2.35. The van der Waals surface area contributed by atoms with E-state index in [0.29, 0.717) is 24.2 Å². The number of rotatable bonds is 5. The molecule has 9 heteroatoms. The third-order valence-corrected chi connectivity index (χ3v) is 6.12. The van der Waals surface area contributed by atoms with Crippen LogP contribution in [0.5, 0.6) is 0 Å². The SMILES string of the molecule is Cn1nc(C(=O)N2CCCC[C@H]2Cc2nc(-c3ccc(F)cc3)c[nH]2)c(-c2ccc(F)cc2)n1. The largest absolute Gasteiger partial charge is 0.348 e. The molecule has 1 atom stereocenters. The molecule has 3 heterocycles. The number of hydrogen-bond donors (Lipinski definition) is 1. The summed E-state index contributed by atoms with van der Waals surface area (Å²) in [5.74, 6) is -0.0701. The molecule has 1 aliphatic heterocycles. The van der Waals surface area contributed by atoms with Crippen molar-refractivity contribution in [1.29, 1.82) is 0 Å². The van der Waals surface area contributed by atoms with Crippen molar-refractivity contribution in [1.82, 2.24) is 29.9 Å². The number of nitrogens with zero attached hydrogens (tertiary/aromatic N) is 5. The molecule has 0 bridgehead atoms. The molecule has 2 aromatic carbocycles. The van der Waals surface area contributed by atoms with Gasteiger partial charge in [0.25, 0.3) is 5.91 Å². The summed E-state index contributed by atoms with van der Waals surface area (Å²) in [7, 11) is 1.66. The normalized spacial score (nSPS) is 16.1. The Bertz CT molecular complexity index is 1300. The molecule has 5 rings (SSSR count). The fourth-order valence-corrected chi connectivity index (χ4v) is 4.43. The van der Waals surface area contributed by atoms with Gasteiger partial charge in [-0.15, -0.1) is 5.10 Å². The van der Waals surface area contributed by atoms with Crippen molar-refractivity contribution >= 4 is 5.91 Å². The highest BCUT2D eigenvalue weighted by Crippen LogP contribution is 2.27. The zero-order valence-electron chi connectivity index (χ0n) is 18.7. The monoisotopic (exact) mass is 462 g/mol. The van der Waals surface area contributed by atoms with Crippen molar-refractivity contribution in [3.63, 3.8) is 0 Å². The van der Waals surface area contributed by atoms with Crippen LogP contribution in [0.15, 0.2) is 54.7 Å². The Morgan fingerprint density at radius 3 is 2.38 bits per heavy atom. The fraction of sp³-hybridized carbons (Fsp3) is 0.280. The van der Waals surface area contributed by atoms with Crippen LogP contribution in [0.4, 0.5) is 8.78 Å². The highest BCUT2D eigenvalue weighted by Gasteiger charge is 2.32. The summed E-state index contributed by atoms with van der Waals surface area (Å²) in [5.41, 5.74) is 2.89. The topological polar surface area (TPSA) is 79.7 Å². The molecule has 1 aliphatic rings. The minimum atomic E-state index is -0.352. The number of imidazole rings is 1. The Morgan fingerprint density at radius 1 is 1.00 bits per heavy atom. The third kappa shape index (κ3) is 4.46. The first-order chi connectivity index (χ1) is 16.5. The van der Waals surface area contributed by atoms with Gasteiger partial charge in [-0.05, 0) is 67.8 Å². The van der Waals surface area contributed by atoms with Gasteiger partial charge >= 0.3 is 0 Å². The molecule has 7 nitrogen and oxygen atoms in total. The number of aryl methyl sites for hydroxylation is 1. The summed E-state index contributed by atoms with van der Waals surface area (Å²) in [6.07, 6.45) is 5.15. The number of hydrogen-bond acceptors (Lipinski definition) is 4. The minimum absolute atomic E-state index is 0.0449. The Hall–Kier alpha value is -3.88. The first-order valence-corrected chi connectivity index (χ1v) is 11.3. The highest BCUT2D eigenvalue weighted by atomic mass is 19.1. The van der Waals surface area contributed by atoms with Gasteiger partial charge in [0.05, 0.1) is 5.69 Å². The molecule has 0 spiro atoms. The lowest BCUT2D eigenvalue weighted by Crippen LogP contribution is -2.45. The number of carbonyl (C=O) groups excluding carboxylic acids is 1. The van der Waals surface area contributed by atoms with Gasteiger partial charge in [-0.25, -0.2) is 13.8 Å². The van der Waals surface area contributed by atoms with Gasteiger partial charge in [0.1, 0.15) is 23.2 Å². The van der Waals surface area contributed by atoms with E-state index in [1.54, 1.807) is 37.5 Å². The van der Waals surface area contributed by atoms with Crippen LogP contribution in [-0.4, -0.2) is 48.4 Å². The number of halogens is 2. The molecule has 0 unspecified atom stereocenters. The van der Waals surface area contributed by atoms with Crippen molar-refractivity contribution in [3.8, 4) is 22.5 Å². The maximum atomic E-state index is 13.6. The average molecular weight is 463 g/mol. The molecule has 1 saturated heterocycles. The van der Waals surface area contributed by atoms with Crippen LogP contribution >= 0.6 is 0 Å². The van der Waals surface area contributed by atoms with Gasteiger partial charge in [0.2, 0.25) is 0 Å². The van der Waals surface area contributed by atoms with Crippen molar-refractivity contribution in [2.24, 2.45) is 7.05 Å². The molecule has 2 aromatic heterocycles. The Kier molecular flexibility index (Phi) is 5.91. The molecule has 1 fully saturated rings. The molecule has 1 amide bonds. The summed E-state index contributed by atoms with van der Waals surface area (Å²) >= 11 is 0. The van der Waals surface area contributed by atoms with E-state index in [1.165, 1.54) is 29.1 Å². The van der Waals surface area contributed by atoms with Crippen molar-refractivity contribution < 1.29 is 13.6 Å². The van der Waals surface area contributed by atoms with E-state index in [1.807, 2.05) is 4.90 Å². The Labute approximate surface area is 195 Å². The smallest absolute Gasteiger partial charge is 0.276 e. The second-order valence-electron chi connectivity index (χ2n) is 8.49. The molecular formula is C25H24F2N6O. The summed E-state index contributed by atoms with van der Waals surface area (Å²) in [5, 5.41) is 8.71. The Morgan fingerprint density at radius 2 is 1.68 bits per heavy atom. The molecule has 0 aliphatic carbocycles. The molecule has 0 radical (unpaired) electrons. The summed E-state index contributed by atoms with van der Waals surface area (Å²) in [6.45, 7) is 0.620. The van der Waals surface area contributed by atoms with Gasteiger partial charge in [0.15, 0.2) is 5.69 Å². The predicted octanol–water partition coefficient (Wildman–Crippen LogP) is 4.39. The quantitative estimate of drug-likeness (QED) is 0.477. The van der Waals surface area contributed by atoms with Crippen LogP contribution in [0.1, 0.15) is 35.6 Å². The fourth-order valence-electron chi connectivity index (χ4n) is 4.43. The lowest BCUT2D eigenvalue weighted by molar-refractivity contribution is 0.0605. The first-order valence-electron chi connectivity index (χ1n) is 11.3. The second-order valence-corrected chi connectivity index (χ2v) is 8.49. The minimum Gasteiger partial charge on any atom is -0.348 e. The molecule has 34 heavy (non-hydrogen) atoms. The molecule has 174 valence electrons. The van der Waals surface area contributed by atoms with Crippen molar-refractivity contribution in [3.05, 3.63) is 77.9 Å². The summed E-state index contributed by atoms with van der Waals surface area (Å²) in [6, 6.07) is 12.0. The number of likely N-dealkylation sites (tertiary alicyclic amines) is 1. The van der Waals surface area contributed by atoms with E-state index in [9.17, 15) is 13.6 Å². The molecular weight excluding hydrogens is 438 g/mol. The highest BCUT2D eigenvalue weighted by molar-refractivity contribution is 5.98. The van der Waals surface area contributed by atoms with Crippen LogP contribution in [-0.2, 0) is 13.5 Å². The number of aromatic amines is 1. The standard InChI is InChI=1S/C25H24F2N6O/c1-32-30-23(17-7-11-19(27)12-8-17)24(31-32)25(34)33-13-3-2-4-20(33)14-22-28-15-21(29-22)16-5-9-18(26)10-6-16/h5-12,15,20H,2-4,13-14H2,1H3,(H,28,29)/t20-/m0/s1. The average Bonchev–Trinajstić information content (AvgIpc) is 3.47. The number of H-pyrrole nitrogens is 1. The first kappa shape index (κ1) is 21.9. The van der Waals surface area contributed by atoms with E-state index >= 15 is 0 Å². The number of amides is 1. The van der Waals surface area contributed by atoms with Gasteiger partial charge in [-0.3, -0.25) is 4.79 Å². The number of aromatic nitrogens is 5. The van der Waals surface area contributed by atoms with Gasteiger partial charge in [0, 0.05) is 43.4 Å². The van der Waals surface area contributed by atoms with Crippen LogP contribution in [0, 0.1) is 11.6 Å². The zero-order chi connectivity index (χ0) is 23.7. The van der Waals surface area contributed by atoms with E-state index in [-0.39, 0.29) is 29.3 Å². The summed E-state index contributed by atoms with van der Waals surface area (Å²) < 4.78 is 26.6. The van der Waals surface area contributed by atoms with Crippen LogP contribution in [0.2, 0.25) is 0 Å². The van der Waals surface area contributed by atoms with Gasteiger partial charge in [-0.2, -0.15) is 9.90 Å². The molecule has 1 N–H and O–H groups in total. The predicted molar refractivity (Wildman–Crippen MR) is 123 cm³/mol. The van der Waals surface area contributed by atoms with E-state index in [2.05, 4.69) is 20.2 Å². The zero-order valence-corrected chi connectivity index (χ0v) is 18.7. The molecule has 0 saturated carbocycles. The number of piperidine rings is 1. The van der Waals surface area contributed by atoms with Gasteiger partial charge < -0.3 is 9.88 Å². The van der Waals surface area contributed by atoms with E-state index in [0.717, 1.165) is 36.3 Å². The lowest BCUT2D eigenvalue weighted by atomic mass is 9.98.